The first kappa shape index (κ1) is 21.5. The maximum absolute atomic E-state index is 12.3. The van der Waals surface area contributed by atoms with Crippen LogP contribution in [0.25, 0.3) is 11.8 Å². The highest BCUT2D eigenvalue weighted by atomic mass is 32.2. The SMILES string of the molecule is CN(Cc1cnn(-c2ccccc2)c1)C(=O)CCNS(=O)(=O)/C=C/c1ccccc1. The molecule has 0 aliphatic heterocycles. The van der Waals surface area contributed by atoms with Gasteiger partial charge in [-0.2, -0.15) is 5.10 Å². The fraction of sp³-hybridized carbons (Fsp3) is 0.182. The van der Waals surface area contributed by atoms with Gasteiger partial charge in [0.05, 0.1) is 11.9 Å². The number of carbonyl (C=O) groups excluding carboxylic acids is 1. The number of nitrogens with one attached hydrogen (secondary N) is 1. The van der Waals surface area contributed by atoms with Gasteiger partial charge in [0.1, 0.15) is 0 Å². The lowest BCUT2D eigenvalue weighted by Gasteiger charge is -2.16. The molecule has 3 rings (SSSR count). The summed E-state index contributed by atoms with van der Waals surface area (Å²) in [6.07, 6.45) is 5.17. The molecule has 3 aromatic rings. The predicted octanol–water partition coefficient (Wildman–Crippen LogP) is 2.81. The molecule has 0 aliphatic rings. The van der Waals surface area contributed by atoms with Crippen LogP contribution in [0.15, 0.2) is 78.5 Å². The van der Waals surface area contributed by atoms with Gasteiger partial charge in [0, 0.05) is 43.7 Å². The minimum atomic E-state index is -3.60. The zero-order valence-electron chi connectivity index (χ0n) is 16.7. The predicted molar refractivity (Wildman–Crippen MR) is 117 cm³/mol. The van der Waals surface area contributed by atoms with Crippen molar-refractivity contribution in [3.63, 3.8) is 0 Å². The van der Waals surface area contributed by atoms with Crippen LogP contribution in [0.3, 0.4) is 0 Å². The average molecular weight is 425 g/mol. The van der Waals surface area contributed by atoms with Crippen molar-refractivity contribution in [1.29, 1.82) is 0 Å². The molecule has 0 saturated carbocycles. The van der Waals surface area contributed by atoms with Crippen LogP contribution < -0.4 is 4.72 Å². The van der Waals surface area contributed by atoms with Crippen LogP contribution in [0.5, 0.6) is 0 Å². The first-order chi connectivity index (χ1) is 14.4. The van der Waals surface area contributed by atoms with Crippen molar-refractivity contribution in [3.05, 3.63) is 89.6 Å². The second-order valence-corrected chi connectivity index (χ2v) is 8.43. The van der Waals surface area contributed by atoms with E-state index in [9.17, 15) is 13.2 Å². The Labute approximate surface area is 176 Å². The Morgan fingerprint density at radius 1 is 1.10 bits per heavy atom. The number of aromatic nitrogens is 2. The van der Waals surface area contributed by atoms with Crippen molar-refractivity contribution in [2.45, 2.75) is 13.0 Å². The highest BCUT2D eigenvalue weighted by molar-refractivity contribution is 7.92. The summed E-state index contributed by atoms with van der Waals surface area (Å²) in [7, 11) is -1.92. The van der Waals surface area contributed by atoms with E-state index in [2.05, 4.69) is 9.82 Å². The van der Waals surface area contributed by atoms with E-state index >= 15 is 0 Å². The van der Waals surface area contributed by atoms with Crippen molar-refractivity contribution >= 4 is 22.0 Å². The van der Waals surface area contributed by atoms with Crippen LogP contribution >= 0.6 is 0 Å². The van der Waals surface area contributed by atoms with Crippen LogP contribution in [0.1, 0.15) is 17.5 Å². The van der Waals surface area contributed by atoms with Crippen molar-refractivity contribution in [3.8, 4) is 5.69 Å². The van der Waals surface area contributed by atoms with E-state index < -0.39 is 10.0 Å². The molecule has 1 N–H and O–H groups in total. The molecule has 0 saturated heterocycles. The molecule has 8 heteroatoms. The van der Waals surface area contributed by atoms with Gasteiger partial charge in [0.25, 0.3) is 0 Å². The zero-order valence-corrected chi connectivity index (χ0v) is 17.5. The quantitative estimate of drug-likeness (QED) is 0.572. The van der Waals surface area contributed by atoms with E-state index in [4.69, 9.17) is 0 Å². The molecule has 0 unspecified atom stereocenters. The van der Waals surface area contributed by atoms with E-state index in [1.165, 1.54) is 6.08 Å². The fourth-order valence-corrected chi connectivity index (χ4v) is 3.62. The maximum atomic E-state index is 12.3. The molecule has 0 bridgehead atoms. The van der Waals surface area contributed by atoms with Crippen molar-refractivity contribution in [2.75, 3.05) is 13.6 Å². The Morgan fingerprint density at radius 2 is 1.77 bits per heavy atom. The molecule has 1 amide bonds. The molecular weight excluding hydrogens is 400 g/mol. The normalized spacial score (nSPS) is 11.6. The van der Waals surface area contributed by atoms with Gasteiger partial charge in [-0.1, -0.05) is 48.5 Å². The van der Waals surface area contributed by atoms with Crippen LogP contribution in [-0.4, -0.2) is 42.6 Å². The molecule has 30 heavy (non-hydrogen) atoms. The standard InChI is InChI=1S/C22H24N4O3S/c1-25(17-20-16-23-26(18-20)21-10-6-3-7-11-21)22(27)12-14-24-30(28,29)15-13-19-8-4-2-5-9-19/h2-11,13,15-16,18,24H,12,14,17H2,1H3/b15-13+. The van der Waals surface area contributed by atoms with Crippen LogP contribution in [0.2, 0.25) is 0 Å². The Balaban J connectivity index is 1.47. The highest BCUT2D eigenvalue weighted by Crippen LogP contribution is 2.09. The van der Waals surface area contributed by atoms with Crippen molar-refractivity contribution in [1.82, 2.24) is 19.4 Å². The molecule has 0 fully saturated rings. The van der Waals surface area contributed by atoms with Gasteiger partial charge in [-0.25, -0.2) is 17.8 Å². The number of rotatable bonds is 9. The molecule has 2 aromatic carbocycles. The van der Waals surface area contributed by atoms with Crippen molar-refractivity contribution in [2.24, 2.45) is 0 Å². The van der Waals surface area contributed by atoms with E-state index in [1.807, 2.05) is 66.9 Å². The maximum Gasteiger partial charge on any atom is 0.233 e. The number of benzene rings is 2. The van der Waals surface area contributed by atoms with E-state index in [0.29, 0.717) is 6.54 Å². The molecule has 156 valence electrons. The third kappa shape index (κ3) is 6.40. The summed E-state index contributed by atoms with van der Waals surface area (Å²) in [6, 6.07) is 18.8. The second kappa shape index (κ2) is 10.00. The van der Waals surface area contributed by atoms with Gasteiger partial charge in [-0.05, 0) is 23.8 Å². The monoisotopic (exact) mass is 424 g/mol. The van der Waals surface area contributed by atoms with Crippen molar-refractivity contribution < 1.29 is 13.2 Å². The number of carbonyl (C=O) groups is 1. The fourth-order valence-electron chi connectivity index (χ4n) is 2.80. The molecule has 1 heterocycles. The number of para-hydroxylation sites is 1. The minimum Gasteiger partial charge on any atom is -0.341 e. The van der Waals surface area contributed by atoms with E-state index in [-0.39, 0.29) is 18.9 Å². The molecule has 0 atom stereocenters. The Kier molecular flexibility index (Phi) is 7.16. The third-order valence-electron chi connectivity index (χ3n) is 4.38. The molecule has 0 aliphatic carbocycles. The summed E-state index contributed by atoms with van der Waals surface area (Å²) in [6.45, 7) is 0.431. The molecule has 0 radical (unpaired) electrons. The zero-order chi connectivity index (χ0) is 21.4. The lowest BCUT2D eigenvalue weighted by molar-refractivity contribution is -0.130. The van der Waals surface area contributed by atoms with E-state index in [0.717, 1.165) is 22.2 Å². The van der Waals surface area contributed by atoms with Gasteiger partial charge in [0.15, 0.2) is 0 Å². The van der Waals surface area contributed by atoms with Gasteiger partial charge >= 0.3 is 0 Å². The van der Waals surface area contributed by atoms with Gasteiger partial charge in [-0.3, -0.25) is 4.79 Å². The smallest absolute Gasteiger partial charge is 0.233 e. The van der Waals surface area contributed by atoms with Gasteiger partial charge in [0.2, 0.25) is 15.9 Å². The molecular formula is C22H24N4O3S. The molecule has 0 spiro atoms. The molecule has 7 nitrogen and oxygen atoms in total. The third-order valence-corrected chi connectivity index (χ3v) is 5.48. The summed E-state index contributed by atoms with van der Waals surface area (Å²) in [5.74, 6) is -0.155. The number of hydrogen-bond donors (Lipinski definition) is 1. The summed E-state index contributed by atoms with van der Waals surface area (Å²) in [5.41, 5.74) is 2.62. The second-order valence-electron chi connectivity index (χ2n) is 6.78. The summed E-state index contributed by atoms with van der Waals surface area (Å²) < 4.78 is 28.3. The summed E-state index contributed by atoms with van der Waals surface area (Å²) in [5, 5.41) is 5.42. The Morgan fingerprint density at radius 3 is 2.47 bits per heavy atom. The van der Waals surface area contributed by atoms with Crippen LogP contribution in [0.4, 0.5) is 0 Å². The molecule has 1 aromatic heterocycles. The first-order valence-corrected chi connectivity index (χ1v) is 11.0. The number of nitrogens with zero attached hydrogens (tertiary/aromatic N) is 3. The lowest BCUT2D eigenvalue weighted by atomic mass is 10.2. The Hall–Kier alpha value is -3.23. The first-order valence-electron chi connectivity index (χ1n) is 9.49. The van der Waals surface area contributed by atoms with Gasteiger partial charge in [-0.15, -0.1) is 0 Å². The Bertz CT molecular complexity index is 1090. The van der Waals surface area contributed by atoms with E-state index in [1.54, 1.807) is 22.8 Å². The number of hydrogen-bond acceptors (Lipinski definition) is 4. The number of sulfonamides is 1. The van der Waals surface area contributed by atoms with Gasteiger partial charge < -0.3 is 4.90 Å². The minimum absolute atomic E-state index is 0.0356. The summed E-state index contributed by atoms with van der Waals surface area (Å²) >= 11 is 0. The lowest BCUT2D eigenvalue weighted by Crippen LogP contribution is -2.31. The van der Waals surface area contributed by atoms with Crippen LogP contribution in [-0.2, 0) is 21.4 Å². The largest absolute Gasteiger partial charge is 0.341 e. The average Bonchev–Trinajstić information content (AvgIpc) is 3.22. The highest BCUT2D eigenvalue weighted by Gasteiger charge is 2.12. The topological polar surface area (TPSA) is 84.3 Å². The number of amides is 1. The summed E-state index contributed by atoms with van der Waals surface area (Å²) in [4.78, 5) is 13.9. The van der Waals surface area contributed by atoms with Crippen LogP contribution in [0, 0.1) is 0 Å².